The first kappa shape index (κ1) is 9.89. The van der Waals surface area contributed by atoms with E-state index in [1.165, 1.54) is 11.4 Å². The van der Waals surface area contributed by atoms with Crippen LogP contribution in [0.25, 0.3) is 0 Å². The predicted octanol–water partition coefficient (Wildman–Crippen LogP) is 2.88. The Balaban J connectivity index is 2.88. The summed E-state index contributed by atoms with van der Waals surface area (Å²) >= 11 is 6.41. The second-order valence-corrected chi connectivity index (χ2v) is 3.60. The summed E-state index contributed by atoms with van der Waals surface area (Å²) < 4.78 is 26.0. The maximum Gasteiger partial charge on any atom is 0.285 e. The molecular formula is C7H7ClF2OS. The lowest BCUT2D eigenvalue weighted by molar-refractivity contribution is -0.0233. The lowest BCUT2D eigenvalue weighted by Crippen LogP contribution is -2.13. The molecule has 0 aliphatic heterocycles. The summed E-state index contributed by atoms with van der Waals surface area (Å²) in [5.74, 6) is -3.00. The fraction of sp³-hybridized carbons (Fsp3) is 0.429. The molecule has 5 heteroatoms. The predicted molar refractivity (Wildman–Crippen MR) is 44.9 cm³/mol. The lowest BCUT2D eigenvalue weighted by Gasteiger charge is -2.12. The molecule has 1 heterocycles. The van der Waals surface area contributed by atoms with Crippen molar-refractivity contribution in [2.75, 3.05) is 6.61 Å². The first-order chi connectivity index (χ1) is 5.58. The fourth-order valence-electron chi connectivity index (χ4n) is 0.809. The normalized spacial score (nSPS) is 12.0. The third kappa shape index (κ3) is 1.94. The quantitative estimate of drug-likeness (QED) is 0.817. The van der Waals surface area contributed by atoms with Crippen molar-refractivity contribution >= 4 is 22.9 Å². The van der Waals surface area contributed by atoms with Crippen LogP contribution in [0.5, 0.6) is 0 Å². The van der Waals surface area contributed by atoms with Gasteiger partial charge in [0.15, 0.2) is 0 Å². The maximum absolute atomic E-state index is 13.0. The average Bonchev–Trinajstić information content (AvgIpc) is 2.35. The van der Waals surface area contributed by atoms with E-state index < -0.39 is 19.0 Å². The van der Waals surface area contributed by atoms with Gasteiger partial charge in [0.25, 0.3) is 5.92 Å². The van der Waals surface area contributed by atoms with Gasteiger partial charge in [-0.3, -0.25) is 0 Å². The number of alkyl halides is 2. The molecule has 0 atom stereocenters. The van der Waals surface area contributed by atoms with Crippen molar-refractivity contribution in [1.82, 2.24) is 0 Å². The van der Waals surface area contributed by atoms with Crippen molar-refractivity contribution in [2.45, 2.75) is 12.3 Å². The van der Waals surface area contributed by atoms with Crippen LogP contribution in [0.4, 0.5) is 8.78 Å². The van der Waals surface area contributed by atoms with Crippen molar-refractivity contribution in [2.24, 2.45) is 0 Å². The molecule has 1 N–H and O–H groups in total. The van der Waals surface area contributed by atoms with Gasteiger partial charge in [-0.05, 0) is 11.4 Å². The van der Waals surface area contributed by atoms with Crippen LogP contribution < -0.4 is 0 Å². The molecule has 0 aliphatic rings. The van der Waals surface area contributed by atoms with Crippen LogP contribution in [-0.4, -0.2) is 11.7 Å². The summed E-state index contributed by atoms with van der Waals surface area (Å²) in [6.45, 7) is -0.540. The molecule has 0 radical (unpaired) electrons. The second-order valence-electron chi connectivity index (χ2n) is 2.28. The Morgan fingerprint density at radius 3 is 2.67 bits per heavy atom. The second kappa shape index (κ2) is 3.68. The summed E-state index contributed by atoms with van der Waals surface area (Å²) in [5.41, 5.74) is 0. The van der Waals surface area contributed by atoms with E-state index in [0.29, 0.717) is 0 Å². The van der Waals surface area contributed by atoms with Crippen LogP contribution in [0.15, 0.2) is 11.4 Å². The van der Waals surface area contributed by atoms with Crippen LogP contribution in [0.1, 0.15) is 11.3 Å². The third-order valence-corrected chi connectivity index (χ3v) is 2.83. The van der Waals surface area contributed by atoms with Gasteiger partial charge in [-0.1, -0.05) is 11.6 Å². The molecule has 0 saturated carbocycles. The Labute approximate surface area is 77.6 Å². The SMILES string of the molecule is OCCC(F)(F)c1sccc1Cl. The highest BCUT2D eigenvalue weighted by molar-refractivity contribution is 7.10. The Bertz CT molecular complexity index is 262. The van der Waals surface area contributed by atoms with Crippen LogP contribution in [0.3, 0.4) is 0 Å². The van der Waals surface area contributed by atoms with Gasteiger partial charge in [0.2, 0.25) is 0 Å². The fourth-order valence-corrected chi connectivity index (χ4v) is 2.01. The highest BCUT2D eigenvalue weighted by Crippen LogP contribution is 2.39. The lowest BCUT2D eigenvalue weighted by atomic mass is 10.2. The summed E-state index contributed by atoms with van der Waals surface area (Å²) in [4.78, 5) is -0.168. The molecule has 0 unspecified atom stereocenters. The van der Waals surface area contributed by atoms with Gasteiger partial charge in [0.1, 0.15) is 0 Å². The average molecular weight is 213 g/mol. The Kier molecular flexibility index (Phi) is 3.04. The van der Waals surface area contributed by atoms with Gasteiger partial charge < -0.3 is 5.11 Å². The van der Waals surface area contributed by atoms with E-state index in [1.807, 2.05) is 0 Å². The summed E-state index contributed by atoms with van der Waals surface area (Å²) in [5, 5.41) is 9.94. The molecule has 0 amide bonds. The zero-order valence-corrected chi connectivity index (χ0v) is 7.63. The van der Waals surface area contributed by atoms with Crippen LogP contribution in [0.2, 0.25) is 5.02 Å². The van der Waals surface area contributed by atoms with Gasteiger partial charge in [-0.25, -0.2) is 8.78 Å². The molecule has 0 aliphatic carbocycles. The molecule has 1 aromatic heterocycles. The molecular weight excluding hydrogens is 206 g/mol. The molecule has 0 saturated heterocycles. The van der Waals surface area contributed by atoms with Crippen LogP contribution in [0, 0.1) is 0 Å². The van der Waals surface area contributed by atoms with Crippen molar-refractivity contribution < 1.29 is 13.9 Å². The minimum Gasteiger partial charge on any atom is -0.396 e. The summed E-state index contributed by atoms with van der Waals surface area (Å²) in [6, 6.07) is 1.42. The number of rotatable bonds is 3. The molecule has 1 rings (SSSR count). The minimum absolute atomic E-state index is 0.0680. The number of hydrogen-bond acceptors (Lipinski definition) is 2. The van der Waals surface area contributed by atoms with E-state index >= 15 is 0 Å². The molecule has 68 valence electrons. The zero-order chi connectivity index (χ0) is 9.19. The highest BCUT2D eigenvalue weighted by Gasteiger charge is 2.34. The molecule has 12 heavy (non-hydrogen) atoms. The molecule has 1 nitrogen and oxygen atoms in total. The van der Waals surface area contributed by atoms with Gasteiger partial charge in [0, 0.05) is 13.0 Å². The van der Waals surface area contributed by atoms with E-state index in [-0.39, 0.29) is 9.90 Å². The first-order valence-corrected chi connectivity index (χ1v) is 4.56. The van der Waals surface area contributed by atoms with Crippen molar-refractivity contribution in [3.63, 3.8) is 0 Å². The molecule has 0 spiro atoms. The maximum atomic E-state index is 13.0. The molecule has 0 fully saturated rings. The Morgan fingerprint density at radius 2 is 2.25 bits per heavy atom. The number of aliphatic hydroxyl groups is 1. The topological polar surface area (TPSA) is 20.2 Å². The van der Waals surface area contributed by atoms with E-state index in [1.54, 1.807) is 0 Å². The Hall–Kier alpha value is -0.190. The Morgan fingerprint density at radius 1 is 1.58 bits per heavy atom. The number of hydrogen-bond donors (Lipinski definition) is 1. The number of thiophene rings is 1. The summed E-state index contributed by atoms with van der Waals surface area (Å²) in [6.07, 6.45) is -0.576. The highest BCUT2D eigenvalue weighted by atomic mass is 35.5. The largest absolute Gasteiger partial charge is 0.396 e. The number of aliphatic hydroxyl groups excluding tert-OH is 1. The van der Waals surface area contributed by atoms with Crippen molar-refractivity contribution in [3.05, 3.63) is 21.3 Å². The summed E-state index contributed by atoms with van der Waals surface area (Å²) in [7, 11) is 0. The van der Waals surface area contributed by atoms with E-state index in [0.717, 1.165) is 11.3 Å². The number of halogens is 3. The van der Waals surface area contributed by atoms with E-state index in [4.69, 9.17) is 16.7 Å². The first-order valence-electron chi connectivity index (χ1n) is 3.30. The minimum atomic E-state index is -3.00. The molecule has 1 aromatic rings. The molecule has 0 aromatic carbocycles. The third-order valence-electron chi connectivity index (χ3n) is 1.38. The monoisotopic (exact) mass is 212 g/mol. The van der Waals surface area contributed by atoms with Gasteiger partial charge in [-0.15, -0.1) is 11.3 Å². The van der Waals surface area contributed by atoms with Crippen LogP contribution in [-0.2, 0) is 5.92 Å². The van der Waals surface area contributed by atoms with Gasteiger partial charge >= 0.3 is 0 Å². The molecule has 0 bridgehead atoms. The van der Waals surface area contributed by atoms with E-state index in [9.17, 15) is 8.78 Å². The smallest absolute Gasteiger partial charge is 0.285 e. The van der Waals surface area contributed by atoms with Crippen LogP contribution >= 0.6 is 22.9 Å². The van der Waals surface area contributed by atoms with Gasteiger partial charge in [0.05, 0.1) is 9.90 Å². The standard InChI is InChI=1S/C7H7ClF2OS/c8-5-1-4-12-6(5)7(9,10)2-3-11/h1,4,11H,2-3H2. The van der Waals surface area contributed by atoms with Crippen molar-refractivity contribution in [3.8, 4) is 0 Å². The van der Waals surface area contributed by atoms with Crippen molar-refractivity contribution in [1.29, 1.82) is 0 Å². The van der Waals surface area contributed by atoms with E-state index in [2.05, 4.69) is 0 Å². The van der Waals surface area contributed by atoms with Gasteiger partial charge in [-0.2, -0.15) is 0 Å². The zero-order valence-electron chi connectivity index (χ0n) is 6.06.